The van der Waals surface area contributed by atoms with Gasteiger partial charge in [-0.2, -0.15) is 0 Å². The summed E-state index contributed by atoms with van der Waals surface area (Å²) in [5, 5.41) is 98.9. The van der Waals surface area contributed by atoms with Crippen molar-refractivity contribution in [2.45, 2.75) is 217 Å². The van der Waals surface area contributed by atoms with E-state index in [2.05, 4.69) is 60.6 Å². The SMILES string of the molecule is C[C@H]1[C@@H]2[C@]3(CC[C@@H]1C)CO[C@]21C=C[C@@H]2[C@]4(C)CC[C@@H](O[C@H]5O[C@@H](C)[C@H](O)[C@H](O)[C@H]5O[C@H]5O[C@@H](CO)[C@H](O)[C@@H](O)[C@H]5O[C@H]5O[C@@H](C)[C@@H](O)[C@@H](O)[C@@H]5O)C(C)(C)[C@@H]4CC[C@]2(C)[C@@]1(C)C[C@@H]3O. The highest BCUT2D eigenvalue weighted by atomic mass is 16.8. The van der Waals surface area contributed by atoms with Gasteiger partial charge in [-0.05, 0) is 98.7 Å². The molecule has 0 amide bonds. The van der Waals surface area contributed by atoms with Crippen molar-refractivity contribution in [3.05, 3.63) is 12.2 Å². The lowest BCUT2D eigenvalue weighted by Gasteiger charge is -2.73. The number of rotatable bonds is 7. The van der Waals surface area contributed by atoms with Gasteiger partial charge in [-0.1, -0.05) is 60.6 Å². The first kappa shape index (κ1) is 48.1. The van der Waals surface area contributed by atoms with Gasteiger partial charge in [-0.15, -0.1) is 0 Å². The second kappa shape index (κ2) is 16.3. The van der Waals surface area contributed by atoms with Crippen molar-refractivity contribution in [2.75, 3.05) is 13.2 Å². The van der Waals surface area contributed by atoms with Crippen LogP contribution in [0.2, 0.25) is 0 Å². The maximum Gasteiger partial charge on any atom is 0.187 e. The molecule has 0 radical (unpaired) electrons. The van der Waals surface area contributed by atoms with E-state index in [0.29, 0.717) is 31.3 Å². The van der Waals surface area contributed by atoms with Gasteiger partial charge < -0.3 is 79.1 Å². The van der Waals surface area contributed by atoms with Crippen LogP contribution in [0.3, 0.4) is 0 Å². The average molecular weight is 911 g/mol. The van der Waals surface area contributed by atoms with Crippen LogP contribution in [0.1, 0.15) is 107 Å². The van der Waals surface area contributed by atoms with E-state index in [1.165, 1.54) is 6.92 Å². The van der Waals surface area contributed by atoms with Gasteiger partial charge in [0.2, 0.25) is 0 Å². The van der Waals surface area contributed by atoms with Crippen LogP contribution in [0, 0.1) is 56.7 Å². The Kier molecular flexibility index (Phi) is 12.3. The summed E-state index contributed by atoms with van der Waals surface area (Å²) in [5.41, 5.74) is -1.68. The molecule has 16 nitrogen and oxygen atoms in total. The highest BCUT2D eigenvalue weighted by Crippen LogP contribution is 2.79. The minimum Gasteiger partial charge on any atom is -0.394 e. The fourth-order valence-corrected chi connectivity index (χ4v) is 16.0. The van der Waals surface area contributed by atoms with E-state index in [-0.39, 0.29) is 39.4 Å². The van der Waals surface area contributed by atoms with Crippen LogP contribution in [0.4, 0.5) is 0 Å². The Bertz CT molecular complexity index is 1750. The van der Waals surface area contributed by atoms with Crippen molar-refractivity contribution >= 4 is 0 Å². The molecule has 366 valence electrons. The maximum atomic E-state index is 12.3. The van der Waals surface area contributed by atoms with Crippen LogP contribution >= 0.6 is 0 Å². The van der Waals surface area contributed by atoms with Crippen molar-refractivity contribution < 1.29 is 79.1 Å². The van der Waals surface area contributed by atoms with Crippen LogP contribution in [-0.2, 0) is 33.2 Å². The van der Waals surface area contributed by atoms with Crippen molar-refractivity contribution in [1.82, 2.24) is 0 Å². The van der Waals surface area contributed by atoms with Gasteiger partial charge in [0.25, 0.3) is 0 Å². The Balaban J connectivity index is 0.979. The summed E-state index contributed by atoms with van der Waals surface area (Å²) in [6, 6.07) is 0. The zero-order chi connectivity index (χ0) is 46.4. The molecule has 9 N–H and O–H groups in total. The highest BCUT2D eigenvalue weighted by molar-refractivity contribution is 5.36. The Labute approximate surface area is 377 Å². The minimum absolute atomic E-state index is 0.142. The second-order valence-electron chi connectivity index (χ2n) is 23.3. The molecule has 8 fully saturated rings. The van der Waals surface area contributed by atoms with Crippen LogP contribution in [0.15, 0.2) is 12.2 Å². The van der Waals surface area contributed by atoms with Crippen molar-refractivity contribution in [3.63, 3.8) is 0 Å². The number of hydrogen-bond acceptors (Lipinski definition) is 16. The normalized spacial score (nSPS) is 60.2. The molecular weight excluding hydrogens is 833 g/mol. The third-order valence-electron chi connectivity index (χ3n) is 20.2. The summed E-state index contributed by atoms with van der Waals surface area (Å²) in [4.78, 5) is 0. The van der Waals surface area contributed by atoms with Crippen molar-refractivity contribution in [1.29, 1.82) is 0 Å². The number of allylic oxidation sites excluding steroid dienone is 1. The van der Waals surface area contributed by atoms with Crippen LogP contribution < -0.4 is 0 Å². The van der Waals surface area contributed by atoms with Crippen LogP contribution in [0.25, 0.3) is 0 Å². The molecule has 9 aliphatic rings. The van der Waals surface area contributed by atoms with Crippen molar-refractivity contribution in [3.8, 4) is 0 Å². The fourth-order valence-electron chi connectivity index (χ4n) is 16.0. The summed E-state index contributed by atoms with van der Waals surface area (Å²) in [6.07, 6.45) is -11.9. The number of hydrogen-bond donors (Lipinski definition) is 9. The van der Waals surface area contributed by atoms with Gasteiger partial charge in [0.05, 0.1) is 43.2 Å². The molecule has 4 heterocycles. The van der Waals surface area contributed by atoms with Crippen LogP contribution in [-0.4, -0.2) is 169 Å². The molecule has 0 aromatic carbocycles. The zero-order valence-corrected chi connectivity index (χ0v) is 39.1. The Morgan fingerprint density at radius 1 is 0.641 bits per heavy atom. The molecule has 9 rings (SSSR count). The molecule has 64 heavy (non-hydrogen) atoms. The van der Waals surface area contributed by atoms with Gasteiger partial charge in [0, 0.05) is 16.7 Å². The third kappa shape index (κ3) is 6.58. The minimum atomic E-state index is -1.79. The van der Waals surface area contributed by atoms with Gasteiger partial charge in [-0.25, -0.2) is 0 Å². The molecule has 2 bridgehead atoms. The Morgan fingerprint density at radius 3 is 1.92 bits per heavy atom. The molecule has 1 spiro atoms. The first-order chi connectivity index (χ1) is 29.9. The number of ether oxygens (including phenoxy) is 7. The lowest BCUT2D eigenvalue weighted by atomic mass is 9.31. The summed E-state index contributed by atoms with van der Waals surface area (Å²) >= 11 is 0. The molecule has 4 saturated heterocycles. The first-order valence-electron chi connectivity index (χ1n) is 24.3. The molecule has 0 unspecified atom stereocenters. The molecule has 4 aliphatic heterocycles. The van der Waals surface area contributed by atoms with Gasteiger partial charge in [0.1, 0.15) is 61.0 Å². The van der Waals surface area contributed by atoms with E-state index in [4.69, 9.17) is 33.2 Å². The molecule has 4 saturated carbocycles. The summed E-state index contributed by atoms with van der Waals surface area (Å²) in [7, 11) is 0. The topological polar surface area (TPSA) is 247 Å². The monoisotopic (exact) mass is 911 g/mol. The van der Waals surface area contributed by atoms with E-state index in [0.717, 1.165) is 32.1 Å². The Hall–Kier alpha value is -0.900. The van der Waals surface area contributed by atoms with E-state index >= 15 is 0 Å². The lowest BCUT2D eigenvalue weighted by molar-refractivity contribution is -0.396. The van der Waals surface area contributed by atoms with Gasteiger partial charge in [0.15, 0.2) is 18.9 Å². The van der Waals surface area contributed by atoms with Crippen LogP contribution in [0.5, 0.6) is 0 Å². The number of aliphatic hydroxyl groups excluding tert-OH is 9. The standard InChI is InChI=1S/C48H78O16/c1-21-10-16-47-20-58-48(39(47)22(21)2)17-12-27-44(7)14-13-29(43(5,6)26(44)11-15-45(27,8)46(48,9)18-28(47)50)62-41-37(34(55)31(52)24(4)60-41)64-42-38(35(56)32(53)25(19-49)61-42)63-40-36(57)33(54)30(51)23(3)59-40/h12,17,21-42,49-57H,10-11,13-16,18-20H2,1-9H3/t21-,22+,23-,24-,25-,26-,27+,28-,29+,30+,31-,32-,33+,34-,35+,36-,37+,38+,39+,40+,41+,42+,44+,45-,46+,47+,48+/m0/s1. The smallest absolute Gasteiger partial charge is 0.187 e. The Morgan fingerprint density at radius 2 is 1.25 bits per heavy atom. The quantitative estimate of drug-likeness (QED) is 0.130. The summed E-state index contributed by atoms with van der Waals surface area (Å²) in [6.45, 7) is 19.5. The zero-order valence-electron chi connectivity index (χ0n) is 39.1. The van der Waals surface area contributed by atoms with E-state index in [1.54, 1.807) is 6.92 Å². The first-order valence-corrected chi connectivity index (χ1v) is 24.3. The van der Waals surface area contributed by atoms with Crippen molar-refractivity contribution in [2.24, 2.45) is 56.7 Å². The molecule has 0 aromatic heterocycles. The lowest BCUT2D eigenvalue weighted by Crippen LogP contribution is -2.73. The molecule has 16 heteroatoms. The molecule has 0 aromatic rings. The summed E-state index contributed by atoms with van der Waals surface area (Å²) in [5.74, 6) is 1.63. The highest BCUT2D eigenvalue weighted by Gasteiger charge is 2.79. The second-order valence-corrected chi connectivity index (χ2v) is 23.3. The van der Waals surface area contributed by atoms with Gasteiger partial charge in [-0.3, -0.25) is 0 Å². The largest absolute Gasteiger partial charge is 0.394 e. The van der Waals surface area contributed by atoms with Gasteiger partial charge >= 0.3 is 0 Å². The van der Waals surface area contributed by atoms with E-state index < -0.39 is 122 Å². The van der Waals surface area contributed by atoms with E-state index in [1.807, 2.05) is 0 Å². The number of fused-ring (bicyclic) bond motifs is 4. The summed E-state index contributed by atoms with van der Waals surface area (Å²) < 4.78 is 44.3. The predicted octanol–water partition coefficient (Wildman–Crippen LogP) is 1.51. The predicted molar refractivity (Wildman–Crippen MR) is 227 cm³/mol. The molecular formula is C48H78O16. The maximum absolute atomic E-state index is 12.3. The molecule has 5 aliphatic carbocycles. The average Bonchev–Trinajstić information content (AvgIpc) is 3.55. The molecule has 27 atom stereocenters. The third-order valence-corrected chi connectivity index (χ3v) is 20.2. The number of aliphatic hydroxyl groups is 9. The van der Waals surface area contributed by atoms with E-state index in [9.17, 15) is 46.0 Å². The fraction of sp³-hybridized carbons (Fsp3) is 0.958.